The lowest BCUT2D eigenvalue weighted by Crippen LogP contribution is -2.38. The van der Waals surface area contributed by atoms with Crippen LogP contribution in [-0.2, 0) is 11.3 Å². The summed E-state index contributed by atoms with van der Waals surface area (Å²) in [5.74, 6) is 0.627. The van der Waals surface area contributed by atoms with E-state index in [-0.39, 0.29) is 5.78 Å². The number of hydrogen-bond donors (Lipinski definition) is 0. The van der Waals surface area contributed by atoms with Crippen molar-refractivity contribution in [2.24, 2.45) is 0 Å². The second kappa shape index (κ2) is 6.02. The van der Waals surface area contributed by atoms with Gasteiger partial charge in [-0.1, -0.05) is 18.5 Å². The Morgan fingerprint density at radius 2 is 2.26 bits per heavy atom. The molecule has 2 heterocycles. The van der Waals surface area contributed by atoms with Crippen LogP contribution in [0.5, 0.6) is 0 Å². The van der Waals surface area contributed by atoms with Gasteiger partial charge >= 0.3 is 0 Å². The van der Waals surface area contributed by atoms with Gasteiger partial charge < -0.3 is 0 Å². The van der Waals surface area contributed by atoms with Gasteiger partial charge in [-0.2, -0.15) is 0 Å². The first-order valence-electron chi connectivity index (χ1n) is 6.37. The lowest BCUT2D eigenvalue weighted by Gasteiger charge is -1.97. The molecule has 2 aromatic heterocycles. The van der Waals surface area contributed by atoms with Crippen molar-refractivity contribution in [1.29, 1.82) is 0 Å². The minimum atomic E-state index is 0.180. The summed E-state index contributed by atoms with van der Waals surface area (Å²) in [6.07, 6.45) is 4.23. The fourth-order valence-corrected chi connectivity index (χ4v) is 2.57. The predicted octanol–water partition coefficient (Wildman–Crippen LogP) is 2.60. The van der Waals surface area contributed by atoms with Crippen LogP contribution >= 0.6 is 11.3 Å². The molecule has 0 amide bonds. The molecule has 0 atom stereocenters. The summed E-state index contributed by atoms with van der Waals surface area (Å²) in [6, 6.07) is 2.00. The smallest absolute Gasteiger partial charge is 0.197 e. The van der Waals surface area contributed by atoms with E-state index < -0.39 is 0 Å². The summed E-state index contributed by atoms with van der Waals surface area (Å²) in [5, 5.41) is 7.40. The number of aryl methyl sites for hydroxylation is 1. The zero-order valence-electron chi connectivity index (χ0n) is 11.5. The maximum absolute atomic E-state index is 10.9. The van der Waals surface area contributed by atoms with E-state index >= 15 is 0 Å². The van der Waals surface area contributed by atoms with Gasteiger partial charge in [0.05, 0.1) is 12.1 Å². The van der Waals surface area contributed by atoms with E-state index in [4.69, 9.17) is 0 Å². The van der Waals surface area contributed by atoms with Crippen LogP contribution in [0, 0.1) is 0 Å². The Bertz CT molecular complexity index is 560. The number of nitrogens with zero attached hydrogens (tertiary/aromatic N) is 3. The van der Waals surface area contributed by atoms with Crippen molar-refractivity contribution < 1.29 is 9.48 Å². The fraction of sp³-hybridized carbons (Fsp3) is 0.429. The van der Waals surface area contributed by atoms with Gasteiger partial charge in [0.1, 0.15) is 17.0 Å². The number of Topliss-reactive ketones (excluding diaryl/α,β-unsaturated/α-hetero) is 1. The van der Waals surface area contributed by atoms with E-state index in [1.807, 2.05) is 18.5 Å². The Kier molecular flexibility index (Phi) is 4.37. The van der Waals surface area contributed by atoms with Crippen LogP contribution in [-0.4, -0.2) is 15.9 Å². The summed E-state index contributed by atoms with van der Waals surface area (Å²) in [7, 11) is 0. The quantitative estimate of drug-likeness (QED) is 0.789. The Hall–Kier alpha value is -1.62. The lowest BCUT2D eigenvalue weighted by atomic mass is 10.2. The van der Waals surface area contributed by atoms with Crippen LogP contribution in [0.1, 0.15) is 38.8 Å². The second-order valence-electron chi connectivity index (χ2n) is 4.86. The fourth-order valence-electron chi connectivity index (χ4n) is 1.60. The SMILES string of the molecule is CC(=O)CC[n+]1ccc(-c2nc(C(C)C)cs2)cn1. The molecule has 4 nitrogen and oxygen atoms in total. The highest BCUT2D eigenvalue weighted by atomic mass is 32.1. The first kappa shape index (κ1) is 13.8. The highest BCUT2D eigenvalue weighted by molar-refractivity contribution is 7.13. The number of ketones is 1. The standard InChI is InChI=1S/C14H18N3OS/c1-10(2)13-9-19-14(16-13)12-5-7-17(15-8-12)6-4-11(3)18/h5,7-10H,4,6H2,1-3H3/q+1. The van der Waals surface area contributed by atoms with Crippen molar-refractivity contribution in [2.45, 2.75) is 39.7 Å². The molecular weight excluding hydrogens is 258 g/mol. The van der Waals surface area contributed by atoms with E-state index in [1.165, 1.54) is 0 Å². The first-order valence-corrected chi connectivity index (χ1v) is 7.25. The number of rotatable bonds is 5. The van der Waals surface area contributed by atoms with Crippen molar-refractivity contribution in [2.75, 3.05) is 0 Å². The molecule has 2 rings (SSSR count). The molecule has 0 saturated heterocycles. The van der Waals surface area contributed by atoms with E-state index in [0.717, 1.165) is 16.3 Å². The number of hydrogen-bond acceptors (Lipinski definition) is 4. The molecule has 0 bridgehead atoms. The number of aromatic nitrogens is 3. The largest absolute Gasteiger partial charge is 0.300 e. The Balaban J connectivity index is 2.10. The van der Waals surface area contributed by atoms with Gasteiger partial charge in [-0.15, -0.1) is 11.3 Å². The monoisotopic (exact) mass is 276 g/mol. The van der Waals surface area contributed by atoms with E-state index in [9.17, 15) is 4.79 Å². The van der Waals surface area contributed by atoms with E-state index in [2.05, 4.69) is 29.3 Å². The zero-order valence-corrected chi connectivity index (χ0v) is 12.3. The molecule has 0 saturated carbocycles. The van der Waals surface area contributed by atoms with Gasteiger partial charge in [-0.05, 0) is 17.9 Å². The molecule has 19 heavy (non-hydrogen) atoms. The van der Waals surface area contributed by atoms with Gasteiger partial charge in [-0.25, -0.2) is 4.98 Å². The maximum Gasteiger partial charge on any atom is 0.197 e. The molecule has 0 unspecified atom stereocenters. The van der Waals surface area contributed by atoms with Crippen molar-refractivity contribution in [3.63, 3.8) is 0 Å². The van der Waals surface area contributed by atoms with Crippen LogP contribution in [0.25, 0.3) is 10.6 Å². The molecule has 0 spiro atoms. The van der Waals surface area contributed by atoms with Crippen LogP contribution in [0.3, 0.4) is 0 Å². The lowest BCUT2D eigenvalue weighted by molar-refractivity contribution is -0.752. The summed E-state index contributed by atoms with van der Waals surface area (Å²) in [4.78, 5) is 15.5. The highest BCUT2D eigenvalue weighted by Crippen LogP contribution is 2.25. The predicted molar refractivity (Wildman–Crippen MR) is 74.9 cm³/mol. The Labute approximate surface area is 117 Å². The zero-order chi connectivity index (χ0) is 13.8. The van der Waals surface area contributed by atoms with Gasteiger partial charge in [0.2, 0.25) is 0 Å². The van der Waals surface area contributed by atoms with Crippen LogP contribution < -0.4 is 4.68 Å². The van der Waals surface area contributed by atoms with Crippen molar-refractivity contribution in [3.8, 4) is 10.6 Å². The summed E-state index contributed by atoms with van der Waals surface area (Å²) in [5.41, 5.74) is 2.14. The molecule has 0 aromatic carbocycles. The Morgan fingerprint density at radius 1 is 1.47 bits per heavy atom. The number of thiazole rings is 1. The van der Waals surface area contributed by atoms with Crippen LogP contribution in [0.15, 0.2) is 23.8 Å². The molecule has 0 fully saturated rings. The average Bonchev–Trinajstić information content (AvgIpc) is 2.86. The third-order valence-corrected chi connectivity index (χ3v) is 3.73. The second-order valence-corrected chi connectivity index (χ2v) is 5.72. The molecule has 100 valence electrons. The van der Waals surface area contributed by atoms with Crippen LogP contribution in [0.2, 0.25) is 0 Å². The summed E-state index contributed by atoms with van der Waals surface area (Å²) in [6.45, 7) is 6.50. The molecule has 2 aromatic rings. The van der Waals surface area contributed by atoms with Crippen molar-refractivity contribution >= 4 is 17.1 Å². The molecule has 5 heteroatoms. The third-order valence-electron chi connectivity index (χ3n) is 2.82. The highest BCUT2D eigenvalue weighted by Gasteiger charge is 2.10. The maximum atomic E-state index is 10.9. The normalized spacial score (nSPS) is 10.9. The van der Waals surface area contributed by atoms with Crippen molar-refractivity contribution in [1.82, 2.24) is 10.1 Å². The van der Waals surface area contributed by atoms with E-state index in [0.29, 0.717) is 18.9 Å². The van der Waals surface area contributed by atoms with E-state index in [1.54, 1.807) is 22.9 Å². The molecule has 0 radical (unpaired) electrons. The van der Waals surface area contributed by atoms with Gasteiger partial charge in [0.25, 0.3) is 0 Å². The number of carbonyl (C=O) groups is 1. The summed E-state index contributed by atoms with van der Waals surface area (Å²) < 4.78 is 1.78. The molecule has 0 aliphatic carbocycles. The van der Waals surface area contributed by atoms with Crippen molar-refractivity contribution in [3.05, 3.63) is 29.5 Å². The minimum Gasteiger partial charge on any atom is -0.300 e. The molecular formula is C14H18N3OS+. The average molecular weight is 276 g/mol. The number of carbonyl (C=O) groups excluding carboxylic acids is 1. The Morgan fingerprint density at radius 3 is 2.79 bits per heavy atom. The molecule has 0 aliphatic rings. The minimum absolute atomic E-state index is 0.180. The third kappa shape index (κ3) is 3.67. The van der Waals surface area contributed by atoms with Crippen LogP contribution in [0.4, 0.5) is 0 Å². The van der Waals surface area contributed by atoms with Gasteiger partial charge in [0, 0.05) is 17.0 Å². The van der Waals surface area contributed by atoms with Gasteiger partial charge in [-0.3, -0.25) is 4.79 Å². The summed E-state index contributed by atoms with van der Waals surface area (Å²) >= 11 is 1.64. The first-order chi connectivity index (χ1) is 9.06. The van der Waals surface area contributed by atoms with Gasteiger partial charge in [0.15, 0.2) is 12.7 Å². The molecule has 0 aliphatic heterocycles. The molecule has 0 N–H and O–H groups in total. The topological polar surface area (TPSA) is 46.7 Å².